The van der Waals surface area contributed by atoms with Gasteiger partial charge < -0.3 is 15.2 Å². The summed E-state index contributed by atoms with van der Waals surface area (Å²) >= 11 is 0. The van der Waals surface area contributed by atoms with Gasteiger partial charge in [-0.2, -0.15) is 0 Å². The fourth-order valence-electron chi connectivity index (χ4n) is 4.15. The summed E-state index contributed by atoms with van der Waals surface area (Å²) in [4.78, 5) is 35.5. The number of hydrogen-bond acceptors (Lipinski definition) is 4. The van der Waals surface area contributed by atoms with Gasteiger partial charge in [-0.05, 0) is 38.1 Å². The van der Waals surface area contributed by atoms with Crippen LogP contribution < -0.4 is 5.32 Å². The lowest BCUT2D eigenvalue weighted by molar-refractivity contribution is -0.135. The molecule has 154 valence electrons. The summed E-state index contributed by atoms with van der Waals surface area (Å²) in [5.74, 6) is -0.271. The summed E-state index contributed by atoms with van der Waals surface area (Å²) < 4.78 is 0. The highest BCUT2D eigenvalue weighted by atomic mass is 16.2. The normalized spacial score (nSPS) is 15.5. The Morgan fingerprint density at radius 3 is 2.47 bits per heavy atom. The van der Waals surface area contributed by atoms with E-state index in [1.54, 1.807) is 17.3 Å². The summed E-state index contributed by atoms with van der Waals surface area (Å²) in [6.45, 7) is 5.24. The van der Waals surface area contributed by atoms with Crippen LogP contribution in [-0.2, 0) is 11.2 Å². The molecule has 1 aromatic carbocycles. The van der Waals surface area contributed by atoms with E-state index in [4.69, 9.17) is 0 Å². The van der Waals surface area contributed by atoms with Crippen LogP contribution in [0.5, 0.6) is 0 Å². The Kier molecular flexibility index (Phi) is 5.65. The number of fused-ring (bicyclic) bond motifs is 1. The Morgan fingerprint density at radius 2 is 1.80 bits per heavy atom. The first-order valence-corrected chi connectivity index (χ1v) is 10.4. The molecule has 0 radical (unpaired) electrons. The first-order valence-electron chi connectivity index (χ1n) is 10.4. The fourth-order valence-corrected chi connectivity index (χ4v) is 4.15. The number of carbonyl (C=O) groups excluding carboxylic acids is 2. The monoisotopic (exact) mass is 402 g/mol. The number of carbonyl (C=O) groups is 2. The van der Waals surface area contributed by atoms with E-state index in [9.17, 15) is 9.59 Å². The van der Waals surface area contributed by atoms with Crippen LogP contribution in [0.25, 0.3) is 11.3 Å². The number of Topliss-reactive ketones (excluding diaryl/α,β-unsaturated/α-hetero) is 1. The molecule has 1 unspecified atom stereocenters. The average molecular weight is 402 g/mol. The van der Waals surface area contributed by atoms with Crippen LogP contribution in [0.3, 0.4) is 0 Å². The molecule has 1 aliphatic carbocycles. The molecule has 30 heavy (non-hydrogen) atoms. The van der Waals surface area contributed by atoms with E-state index < -0.39 is 0 Å². The van der Waals surface area contributed by atoms with Crippen molar-refractivity contribution >= 4 is 23.1 Å². The summed E-state index contributed by atoms with van der Waals surface area (Å²) in [5, 5.41) is 3.43. The molecule has 3 aromatic rings. The Balaban J connectivity index is 1.76. The van der Waals surface area contributed by atoms with Gasteiger partial charge in [0.25, 0.3) is 0 Å². The van der Waals surface area contributed by atoms with Gasteiger partial charge in [0.05, 0.1) is 22.9 Å². The number of benzene rings is 1. The standard InChI is InChI=1S/C24H26N4O2/c1-3-28(4-2)24(30)17-14-19-21(20(29)15-17)23(26-18-8-6-5-7-9-18)22(27-19)16-10-12-25-13-11-16/h5-13,17,26-27H,3-4,14-15H2,1-2H3. The maximum atomic E-state index is 13.2. The fraction of sp³-hybridized carbons (Fsp3) is 0.292. The molecule has 0 spiro atoms. The van der Waals surface area contributed by atoms with E-state index in [1.165, 1.54) is 0 Å². The van der Waals surface area contributed by atoms with Gasteiger partial charge in [0.2, 0.25) is 5.91 Å². The highest BCUT2D eigenvalue weighted by Gasteiger charge is 2.36. The second kappa shape index (κ2) is 8.53. The number of nitrogens with zero attached hydrogens (tertiary/aromatic N) is 2. The van der Waals surface area contributed by atoms with Crippen molar-refractivity contribution in [3.63, 3.8) is 0 Å². The van der Waals surface area contributed by atoms with Gasteiger partial charge in [-0.15, -0.1) is 0 Å². The second-order valence-corrected chi connectivity index (χ2v) is 7.49. The van der Waals surface area contributed by atoms with Crippen molar-refractivity contribution in [1.82, 2.24) is 14.9 Å². The van der Waals surface area contributed by atoms with Gasteiger partial charge in [0.1, 0.15) is 0 Å². The predicted molar refractivity (Wildman–Crippen MR) is 118 cm³/mol. The zero-order chi connectivity index (χ0) is 21.1. The maximum Gasteiger partial charge on any atom is 0.226 e. The Hall–Kier alpha value is -3.41. The molecule has 0 saturated carbocycles. The number of amides is 1. The average Bonchev–Trinajstić information content (AvgIpc) is 3.14. The van der Waals surface area contributed by atoms with Crippen LogP contribution in [0.4, 0.5) is 11.4 Å². The van der Waals surface area contributed by atoms with Gasteiger partial charge in [0.15, 0.2) is 5.78 Å². The number of ketones is 1. The van der Waals surface area contributed by atoms with E-state index in [1.807, 2.05) is 56.3 Å². The summed E-state index contributed by atoms with van der Waals surface area (Å²) in [5.41, 5.74) is 4.94. The van der Waals surface area contributed by atoms with E-state index in [2.05, 4.69) is 15.3 Å². The summed E-state index contributed by atoms with van der Waals surface area (Å²) in [6, 6.07) is 13.6. The van der Waals surface area contributed by atoms with Crippen molar-refractivity contribution in [3.05, 3.63) is 66.1 Å². The molecule has 6 heteroatoms. The number of anilines is 2. The maximum absolute atomic E-state index is 13.2. The summed E-state index contributed by atoms with van der Waals surface area (Å²) in [6.07, 6.45) is 4.23. The third-order valence-corrected chi connectivity index (χ3v) is 5.68. The lowest BCUT2D eigenvalue weighted by Crippen LogP contribution is -2.39. The Bertz CT molecular complexity index is 1040. The van der Waals surface area contributed by atoms with Crippen molar-refractivity contribution < 1.29 is 9.59 Å². The molecule has 0 bridgehead atoms. The van der Waals surface area contributed by atoms with E-state index in [0.29, 0.717) is 25.1 Å². The minimum Gasteiger partial charge on any atom is -0.356 e. The molecule has 0 saturated heterocycles. The number of aromatic nitrogens is 2. The number of aromatic amines is 1. The third kappa shape index (κ3) is 3.73. The minimum atomic E-state index is -0.321. The van der Waals surface area contributed by atoms with E-state index >= 15 is 0 Å². The molecule has 1 atom stereocenters. The zero-order valence-electron chi connectivity index (χ0n) is 17.3. The van der Waals surface area contributed by atoms with Gasteiger partial charge >= 0.3 is 0 Å². The topological polar surface area (TPSA) is 78.1 Å². The summed E-state index contributed by atoms with van der Waals surface area (Å²) in [7, 11) is 0. The molecule has 0 fully saturated rings. The largest absolute Gasteiger partial charge is 0.356 e. The molecule has 1 aliphatic rings. The molecule has 2 N–H and O–H groups in total. The van der Waals surface area contributed by atoms with E-state index in [-0.39, 0.29) is 24.0 Å². The molecule has 1 amide bonds. The zero-order valence-corrected chi connectivity index (χ0v) is 17.3. The molecule has 2 heterocycles. The molecular formula is C24H26N4O2. The molecule has 0 aliphatic heterocycles. The third-order valence-electron chi connectivity index (χ3n) is 5.68. The van der Waals surface area contributed by atoms with Crippen LogP contribution in [0, 0.1) is 5.92 Å². The number of hydrogen-bond donors (Lipinski definition) is 2. The van der Waals surface area contributed by atoms with Crippen LogP contribution in [-0.4, -0.2) is 39.6 Å². The molecule has 4 rings (SSSR count). The van der Waals surface area contributed by atoms with Crippen molar-refractivity contribution in [1.29, 1.82) is 0 Å². The SMILES string of the molecule is CCN(CC)C(=O)C1CC(=O)c2c([nH]c(-c3ccncc3)c2Nc2ccccc2)C1. The minimum absolute atomic E-state index is 0.00302. The lowest BCUT2D eigenvalue weighted by atomic mass is 9.85. The number of H-pyrrole nitrogens is 1. The van der Waals surface area contributed by atoms with E-state index in [0.717, 1.165) is 28.3 Å². The number of pyridine rings is 1. The van der Waals surface area contributed by atoms with Crippen molar-refractivity contribution in [2.75, 3.05) is 18.4 Å². The molecular weight excluding hydrogens is 376 g/mol. The number of rotatable bonds is 6. The molecule has 6 nitrogen and oxygen atoms in total. The highest BCUT2D eigenvalue weighted by Crippen LogP contribution is 2.40. The molecule has 2 aromatic heterocycles. The van der Waals surface area contributed by atoms with Gasteiger partial charge in [0, 0.05) is 55.3 Å². The quantitative estimate of drug-likeness (QED) is 0.639. The number of para-hydroxylation sites is 1. The van der Waals surface area contributed by atoms with Crippen molar-refractivity contribution in [3.8, 4) is 11.3 Å². The van der Waals surface area contributed by atoms with Gasteiger partial charge in [-0.1, -0.05) is 18.2 Å². The first-order chi connectivity index (χ1) is 14.6. The van der Waals surface area contributed by atoms with Gasteiger partial charge in [-0.3, -0.25) is 14.6 Å². The lowest BCUT2D eigenvalue weighted by Gasteiger charge is -2.27. The Labute approximate surface area is 176 Å². The first kappa shape index (κ1) is 19.9. The van der Waals surface area contributed by atoms with Gasteiger partial charge in [-0.25, -0.2) is 0 Å². The van der Waals surface area contributed by atoms with Crippen LogP contribution in [0.15, 0.2) is 54.9 Å². The Morgan fingerprint density at radius 1 is 1.10 bits per heavy atom. The van der Waals surface area contributed by atoms with Crippen LogP contribution >= 0.6 is 0 Å². The van der Waals surface area contributed by atoms with Crippen LogP contribution in [0.2, 0.25) is 0 Å². The smallest absolute Gasteiger partial charge is 0.226 e. The highest BCUT2D eigenvalue weighted by molar-refractivity contribution is 6.09. The van der Waals surface area contributed by atoms with Crippen molar-refractivity contribution in [2.45, 2.75) is 26.7 Å². The van der Waals surface area contributed by atoms with Crippen LogP contribution in [0.1, 0.15) is 36.3 Å². The number of nitrogens with one attached hydrogen (secondary N) is 2. The van der Waals surface area contributed by atoms with Crippen molar-refractivity contribution in [2.24, 2.45) is 5.92 Å². The second-order valence-electron chi connectivity index (χ2n) is 7.49. The predicted octanol–water partition coefficient (Wildman–Crippen LogP) is 4.43.